The molecule has 2 rings (SSSR count). The van der Waals surface area contributed by atoms with Crippen LogP contribution in [-0.2, 0) is 4.74 Å². The third kappa shape index (κ3) is 5.95. The second kappa shape index (κ2) is 9.67. The maximum absolute atomic E-state index is 5.72. The van der Waals surface area contributed by atoms with E-state index in [4.69, 9.17) is 4.74 Å². The standard InChI is InChI=1S/C21H27OS/c1-4-6-7-8-21-16-19(11-13-23-21)18-9-10-20(22-12-5-2)15-17(3)14-18/h5,7,9-11,13-14,16,19H,2,4,6,8,12,15H2,1,3H3/q-1. The zero-order valence-corrected chi connectivity index (χ0v) is 15.1. The van der Waals surface area contributed by atoms with E-state index in [2.05, 4.69) is 62.6 Å². The molecule has 2 heteroatoms. The van der Waals surface area contributed by atoms with E-state index in [1.54, 1.807) is 6.08 Å². The van der Waals surface area contributed by atoms with E-state index in [1.807, 2.05) is 11.8 Å². The van der Waals surface area contributed by atoms with Gasteiger partial charge in [-0.15, -0.1) is 18.2 Å². The van der Waals surface area contributed by atoms with Crippen LogP contribution >= 0.6 is 11.8 Å². The van der Waals surface area contributed by atoms with E-state index in [0.29, 0.717) is 12.5 Å². The Balaban J connectivity index is 2.09. The van der Waals surface area contributed by atoms with Crippen LogP contribution in [-0.4, -0.2) is 6.61 Å². The van der Waals surface area contributed by atoms with Gasteiger partial charge in [-0.25, -0.2) is 0 Å². The zero-order chi connectivity index (χ0) is 16.5. The molecule has 2 aliphatic rings. The monoisotopic (exact) mass is 327 g/mol. The van der Waals surface area contributed by atoms with Crippen molar-refractivity contribution in [2.24, 2.45) is 5.92 Å². The van der Waals surface area contributed by atoms with Gasteiger partial charge in [0.2, 0.25) is 0 Å². The topological polar surface area (TPSA) is 9.23 Å². The van der Waals surface area contributed by atoms with Crippen LogP contribution in [0.5, 0.6) is 0 Å². The van der Waals surface area contributed by atoms with Gasteiger partial charge in [-0.05, 0) is 28.9 Å². The van der Waals surface area contributed by atoms with Crippen molar-refractivity contribution in [3.63, 3.8) is 0 Å². The normalized spacial score (nSPS) is 20.9. The molecule has 0 aromatic rings. The molecule has 0 fully saturated rings. The molecule has 0 radical (unpaired) electrons. The van der Waals surface area contributed by atoms with Crippen molar-refractivity contribution in [3.8, 4) is 0 Å². The summed E-state index contributed by atoms with van der Waals surface area (Å²) in [6.45, 7) is 8.68. The van der Waals surface area contributed by atoms with E-state index in [9.17, 15) is 0 Å². The highest BCUT2D eigenvalue weighted by Crippen LogP contribution is 2.34. The lowest BCUT2D eigenvalue weighted by atomic mass is 9.95. The molecule has 0 amide bonds. The first-order chi connectivity index (χ1) is 11.2. The Hall–Kier alpha value is -1.41. The molecule has 0 saturated carbocycles. The maximum Gasteiger partial charge on any atom is 0.106 e. The summed E-state index contributed by atoms with van der Waals surface area (Å²) in [6, 6.07) is 0. The van der Waals surface area contributed by atoms with Crippen LogP contribution in [0.3, 0.4) is 0 Å². The van der Waals surface area contributed by atoms with E-state index < -0.39 is 0 Å². The molecule has 1 aliphatic heterocycles. The van der Waals surface area contributed by atoms with E-state index >= 15 is 0 Å². The van der Waals surface area contributed by atoms with Crippen molar-refractivity contribution in [3.05, 3.63) is 76.7 Å². The SMILES string of the molecule is C=CCOC1=CC=C(C2C=CSC(C[CH-]CCC)=C2)C=C(C)C1. The van der Waals surface area contributed by atoms with Crippen LogP contribution in [0.4, 0.5) is 0 Å². The Morgan fingerprint density at radius 2 is 2.30 bits per heavy atom. The fraction of sp³-hybridized carbons (Fsp3) is 0.381. The molecule has 1 atom stereocenters. The van der Waals surface area contributed by atoms with Gasteiger partial charge in [0, 0.05) is 12.3 Å². The minimum atomic E-state index is 0.367. The summed E-state index contributed by atoms with van der Waals surface area (Å²) in [6.07, 6.45) is 19.8. The molecule has 23 heavy (non-hydrogen) atoms. The number of rotatable bonds is 8. The van der Waals surface area contributed by atoms with Gasteiger partial charge in [-0.1, -0.05) is 55.9 Å². The molecule has 1 aliphatic carbocycles. The summed E-state index contributed by atoms with van der Waals surface area (Å²) in [5.74, 6) is 1.38. The van der Waals surface area contributed by atoms with Crippen LogP contribution in [0, 0.1) is 12.3 Å². The van der Waals surface area contributed by atoms with E-state index in [-0.39, 0.29) is 0 Å². The third-order valence-electron chi connectivity index (χ3n) is 3.81. The number of hydrogen-bond acceptors (Lipinski definition) is 2. The average molecular weight is 328 g/mol. The summed E-state index contributed by atoms with van der Waals surface area (Å²) in [5.41, 5.74) is 2.67. The molecular formula is C21H27OS-. The highest BCUT2D eigenvalue weighted by atomic mass is 32.2. The van der Waals surface area contributed by atoms with Gasteiger partial charge in [0.1, 0.15) is 12.4 Å². The summed E-state index contributed by atoms with van der Waals surface area (Å²) in [7, 11) is 0. The molecule has 0 spiro atoms. The van der Waals surface area contributed by atoms with Crippen LogP contribution in [0.25, 0.3) is 0 Å². The second-order valence-electron chi connectivity index (χ2n) is 5.95. The van der Waals surface area contributed by atoms with Crippen molar-refractivity contribution in [1.82, 2.24) is 0 Å². The fourth-order valence-electron chi connectivity index (χ4n) is 2.66. The lowest BCUT2D eigenvalue weighted by Crippen LogP contribution is -2.00. The van der Waals surface area contributed by atoms with Gasteiger partial charge < -0.3 is 11.2 Å². The Kier molecular flexibility index (Phi) is 7.54. The highest BCUT2D eigenvalue weighted by molar-refractivity contribution is 8.05. The minimum absolute atomic E-state index is 0.367. The molecule has 1 nitrogen and oxygen atoms in total. The van der Waals surface area contributed by atoms with Crippen molar-refractivity contribution in [2.45, 2.75) is 39.5 Å². The molecule has 0 aromatic heterocycles. The van der Waals surface area contributed by atoms with Crippen molar-refractivity contribution >= 4 is 11.8 Å². The largest absolute Gasteiger partial charge is 0.494 e. The van der Waals surface area contributed by atoms with Gasteiger partial charge in [-0.3, -0.25) is 0 Å². The maximum atomic E-state index is 5.72. The molecule has 0 N–H and O–H groups in total. The molecule has 124 valence electrons. The van der Waals surface area contributed by atoms with Crippen LogP contribution in [0.1, 0.15) is 39.5 Å². The molecule has 0 aromatic carbocycles. The Bertz CT molecular complexity index is 560. The van der Waals surface area contributed by atoms with Crippen LogP contribution in [0.2, 0.25) is 0 Å². The summed E-state index contributed by atoms with van der Waals surface area (Å²) in [4.78, 5) is 1.45. The van der Waals surface area contributed by atoms with Crippen molar-refractivity contribution in [1.29, 1.82) is 0 Å². The second-order valence-corrected chi connectivity index (χ2v) is 6.99. The smallest absolute Gasteiger partial charge is 0.106 e. The van der Waals surface area contributed by atoms with E-state index in [1.165, 1.54) is 28.9 Å². The summed E-state index contributed by atoms with van der Waals surface area (Å²) in [5, 5.41) is 2.23. The number of thioether (sulfide) groups is 1. The Morgan fingerprint density at radius 3 is 3.09 bits per heavy atom. The first kappa shape index (κ1) is 17.9. The molecule has 0 saturated heterocycles. The Morgan fingerprint density at radius 1 is 1.43 bits per heavy atom. The average Bonchev–Trinajstić information content (AvgIpc) is 2.75. The molecule has 0 bridgehead atoms. The predicted molar refractivity (Wildman–Crippen MR) is 103 cm³/mol. The van der Waals surface area contributed by atoms with Gasteiger partial charge >= 0.3 is 0 Å². The lowest BCUT2D eigenvalue weighted by Gasteiger charge is -2.20. The van der Waals surface area contributed by atoms with Crippen molar-refractivity contribution in [2.75, 3.05) is 6.61 Å². The van der Waals surface area contributed by atoms with Gasteiger partial charge in [-0.2, -0.15) is 6.42 Å². The molecule has 1 unspecified atom stereocenters. The quantitative estimate of drug-likeness (QED) is 0.286. The minimum Gasteiger partial charge on any atom is -0.494 e. The summed E-state index contributed by atoms with van der Waals surface area (Å²) >= 11 is 1.85. The lowest BCUT2D eigenvalue weighted by molar-refractivity contribution is 0.241. The highest BCUT2D eigenvalue weighted by Gasteiger charge is 2.13. The molecule has 1 heterocycles. The summed E-state index contributed by atoms with van der Waals surface area (Å²) < 4.78 is 5.72. The third-order valence-corrected chi connectivity index (χ3v) is 4.71. The molecular weight excluding hydrogens is 300 g/mol. The van der Waals surface area contributed by atoms with E-state index in [0.717, 1.165) is 18.6 Å². The Labute approximate surface area is 145 Å². The first-order valence-electron chi connectivity index (χ1n) is 8.40. The fourth-order valence-corrected chi connectivity index (χ4v) is 3.52. The van der Waals surface area contributed by atoms with Gasteiger partial charge in [0.15, 0.2) is 0 Å². The van der Waals surface area contributed by atoms with Crippen LogP contribution in [0.15, 0.2) is 70.3 Å². The number of hydrogen-bond donors (Lipinski definition) is 0. The number of allylic oxidation sites excluding steroid dienone is 8. The number of ether oxygens (including phenoxy) is 1. The van der Waals surface area contributed by atoms with Crippen LogP contribution < -0.4 is 0 Å². The number of unbranched alkanes of at least 4 members (excludes halogenated alkanes) is 2. The van der Waals surface area contributed by atoms with Crippen molar-refractivity contribution < 1.29 is 4.74 Å². The predicted octanol–water partition coefficient (Wildman–Crippen LogP) is 6.50. The first-order valence-corrected chi connectivity index (χ1v) is 9.28. The zero-order valence-electron chi connectivity index (χ0n) is 14.3. The van der Waals surface area contributed by atoms with Gasteiger partial charge in [0.25, 0.3) is 0 Å². The van der Waals surface area contributed by atoms with Gasteiger partial charge in [0.05, 0.1) is 0 Å².